The van der Waals surface area contributed by atoms with E-state index in [0.717, 1.165) is 32.8 Å². The topological polar surface area (TPSA) is 44.8 Å². The molecule has 0 aromatic heterocycles. The fourth-order valence-corrected chi connectivity index (χ4v) is 1.87. The van der Waals surface area contributed by atoms with E-state index >= 15 is 0 Å². The molecule has 0 spiro atoms. The Morgan fingerprint density at radius 3 is 2.94 bits per heavy atom. The van der Waals surface area contributed by atoms with E-state index < -0.39 is 0 Å². The third kappa shape index (κ3) is 4.61. The lowest BCUT2D eigenvalue weighted by Gasteiger charge is -2.31. The third-order valence-electron chi connectivity index (χ3n) is 3.21. The van der Waals surface area contributed by atoms with Gasteiger partial charge in [0.05, 0.1) is 18.8 Å². The highest BCUT2D eigenvalue weighted by Crippen LogP contribution is 2.02. The zero-order chi connectivity index (χ0) is 12.8. The molecule has 1 aliphatic heterocycles. The van der Waals surface area contributed by atoms with Crippen molar-refractivity contribution in [3.8, 4) is 0 Å². The van der Waals surface area contributed by atoms with Gasteiger partial charge in [0.2, 0.25) is 5.91 Å². The van der Waals surface area contributed by atoms with E-state index in [4.69, 9.17) is 4.74 Å². The number of nitrogens with zero attached hydrogens (tertiary/aromatic N) is 2. The van der Waals surface area contributed by atoms with Gasteiger partial charge in [-0.1, -0.05) is 0 Å². The zero-order valence-corrected chi connectivity index (χ0v) is 11.4. The highest BCUT2D eigenvalue weighted by molar-refractivity contribution is 5.81. The smallest absolute Gasteiger partial charge is 0.239 e. The van der Waals surface area contributed by atoms with Gasteiger partial charge in [0.25, 0.3) is 0 Å². The van der Waals surface area contributed by atoms with Crippen molar-refractivity contribution < 1.29 is 9.53 Å². The fourth-order valence-electron chi connectivity index (χ4n) is 1.87. The predicted molar refractivity (Wildman–Crippen MR) is 68.0 cm³/mol. The van der Waals surface area contributed by atoms with E-state index in [1.807, 2.05) is 20.9 Å². The number of carbonyl (C=O) groups is 1. The van der Waals surface area contributed by atoms with Crippen LogP contribution in [0.15, 0.2) is 0 Å². The van der Waals surface area contributed by atoms with Crippen LogP contribution < -0.4 is 5.32 Å². The lowest BCUT2D eigenvalue weighted by molar-refractivity contribution is -0.131. The number of rotatable bonds is 5. The summed E-state index contributed by atoms with van der Waals surface area (Å²) in [4.78, 5) is 15.8. The first-order valence-electron chi connectivity index (χ1n) is 6.33. The lowest BCUT2D eigenvalue weighted by atomic mass is 10.2. The molecule has 2 atom stereocenters. The number of morpholine rings is 1. The van der Waals surface area contributed by atoms with Gasteiger partial charge in [-0.3, -0.25) is 4.79 Å². The van der Waals surface area contributed by atoms with Crippen molar-refractivity contribution in [2.24, 2.45) is 0 Å². The molecular weight excluding hydrogens is 218 g/mol. The molecule has 0 aromatic rings. The van der Waals surface area contributed by atoms with Crippen LogP contribution >= 0.6 is 0 Å². The number of nitrogens with one attached hydrogen (secondary N) is 1. The van der Waals surface area contributed by atoms with Gasteiger partial charge < -0.3 is 19.9 Å². The minimum atomic E-state index is -0.143. The van der Waals surface area contributed by atoms with Crippen LogP contribution in [-0.4, -0.2) is 74.7 Å². The van der Waals surface area contributed by atoms with E-state index in [-0.39, 0.29) is 18.1 Å². The molecule has 0 aliphatic carbocycles. The predicted octanol–water partition coefficient (Wildman–Crippen LogP) is -0.227. The van der Waals surface area contributed by atoms with E-state index in [2.05, 4.69) is 17.3 Å². The molecule has 5 heteroatoms. The molecule has 1 rings (SSSR count). The van der Waals surface area contributed by atoms with Gasteiger partial charge in [-0.15, -0.1) is 0 Å². The Labute approximate surface area is 104 Å². The SMILES string of the molecule is CCN(C)C(=O)C(C)NCC1CN(C)CCO1. The summed E-state index contributed by atoms with van der Waals surface area (Å²) in [7, 11) is 3.92. The number of hydrogen-bond acceptors (Lipinski definition) is 4. The molecule has 1 saturated heterocycles. The molecule has 17 heavy (non-hydrogen) atoms. The monoisotopic (exact) mass is 243 g/mol. The fraction of sp³-hybridized carbons (Fsp3) is 0.917. The molecule has 1 amide bonds. The summed E-state index contributed by atoms with van der Waals surface area (Å²) in [6, 6.07) is -0.143. The van der Waals surface area contributed by atoms with Crippen LogP contribution in [0.25, 0.3) is 0 Å². The molecule has 1 heterocycles. The molecule has 1 fully saturated rings. The van der Waals surface area contributed by atoms with Gasteiger partial charge in [-0.25, -0.2) is 0 Å². The lowest BCUT2D eigenvalue weighted by Crippen LogP contribution is -2.49. The van der Waals surface area contributed by atoms with Gasteiger partial charge in [0.1, 0.15) is 0 Å². The molecule has 0 bridgehead atoms. The van der Waals surface area contributed by atoms with E-state index in [9.17, 15) is 4.79 Å². The molecule has 0 aromatic carbocycles. The number of likely N-dealkylation sites (N-methyl/N-ethyl adjacent to an activating group) is 2. The minimum absolute atomic E-state index is 0.136. The third-order valence-corrected chi connectivity index (χ3v) is 3.21. The van der Waals surface area contributed by atoms with Crippen molar-refractivity contribution in [1.29, 1.82) is 0 Å². The van der Waals surface area contributed by atoms with Gasteiger partial charge in [-0.2, -0.15) is 0 Å². The van der Waals surface area contributed by atoms with Crippen LogP contribution in [0.4, 0.5) is 0 Å². The maximum Gasteiger partial charge on any atom is 0.239 e. The number of amides is 1. The second-order valence-electron chi connectivity index (χ2n) is 4.74. The Kier molecular flexibility index (Phi) is 5.88. The van der Waals surface area contributed by atoms with Crippen molar-refractivity contribution in [2.75, 3.05) is 46.9 Å². The van der Waals surface area contributed by atoms with Crippen LogP contribution in [0.1, 0.15) is 13.8 Å². The van der Waals surface area contributed by atoms with E-state index in [0.29, 0.717) is 0 Å². The summed E-state index contributed by atoms with van der Waals surface area (Å²) in [6.45, 7) is 8.05. The van der Waals surface area contributed by atoms with Crippen molar-refractivity contribution >= 4 is 5.91 Å². The van der Waals surface area contributed by atoms with Gasteiger partial charge in [0.15, 0.2) is 0 Å². The molecule has 1 aliphatic rings. The van der Waals surface area contributed by atoms with Crippen LogP contribution in [0.5, 0.6) is 0 Å². The Morgan fingerprint density at radius 2 is 2.35 bits per heavy atom. The molecule has 0 radical (unpaired) electrons. The van der Waals surface area contributed by atoms with Crippen molar-refractivity contribution in [2.45, 2.75) is 26.0 Å². The Morgan fingerprint density at radius 1 is 1.65 bits per heavy atom. The van der Waals surface area contributed by atoms with Crippen molar-refractivity contribution in [3.63, 3.8) is 0 Å². The first-order valence-corrected chi connectivity index (χ1v) is 6.33. The maximum atomic E-state index is 11.8. The van der Waals surface area contributed by atoms with Gasteiger partial charge in [-0.05, 0) is 20.9 Å². The Bertz CT molecular complexity index is 248. The van der Waals surface area contributed by atoms with E-state index in [1.165, 1.54) is 0 Å². The highest BCUT2D eigenvalue weighted by Gasteiger charge is 2.21. The first kappa shape index (κ1) is 14.4. The second-order valence-corrected chi connectivity index (χ2v) is 4.74. The minimum Gasteiger partial charge on any atom is -0.374 e. The van der Waals surface area contributed by atoms with Crippen LogP contribution in [-0.2, 0) is 9.53 Å². The van der Waals surface area contributed by atoms with Crippen LogP contribution in [0.2, 0.25) is 0 Å². The molecule has 0 saturated carbocycles. The van der Waals surface area contributed by atoms with Crippen LogP contribution in [0.3, 0.4) is 0 Å². The Balaban J connectivity index is 2.27. The summed E-state index contributed by atoms with van der Waals surface area (Å²) >= 11 is 0. The Hall–Kier alpha value is -0.650. The quantitative estimate of drug-likeness (QED) is 0.725. The largest absolute Gasteiger partial charge is 0.374 e. The van der Waals surface area contributed by atoms with Gasteiger partial charge in [0, 0.05) is 33.2 Å². The maximum absolute atomic E-state index is 11.8. The average Bonchev–Trinajstić information content (AvgIpc) is 2.34. The standard InChI is InChI=1S/C12H25N3O2/c1-5-15(4)12(16)10(2)13-8-11-9-14(3)6-7-17-11/h10-11,13H,5-9H2,1-4H3. The second kappa shape index (κ2) is 6.93. The normalized spacial score (nSPS) is 23.4. The highest BCUT2D eigenvalue weighted by atomic mass is 16.5. The summed E-state index contributed by atoms with van der Waals surface area (Å²) in [5.74, 6) is 0.136. The summed E-state index contributed by atoms with van der Waals surface area (Å²) < 4.78 is 5.64. The zero-order valence-electron chi connectivity index (χ0n) is 11.4. The van der Waals surface area contributed by atoms with Gasteiger partial charge >= 0.3 is 0 Å². The molecular formula is C12H25N3O2. The van der Waals surface area contributed by atoms with E-state index in [1.54, 1.807) is 4.90 Å². The summed E-state index contributed by atoms with van der Waals surface area (Å²) in [6.07, 6.45) is 0.191. The number of carbonyl (C=O) groups excluding carboxylic acids is 1. The summed E-state index contributed by atoms with van der Waals surface area (Å²) in [5, 5.41) is 3.24. The molecule has 2 unspecified atom stereocenters. The molecule has 5 nitrogen and oxygen atoms in total. The average molecular weight is 243 g/mol. The van der Waals surface area contributed by atoms with Crippen molar-refractivity contribution in [3.05, 3.63) is 0 Å². The van der Waals surface area contributed by atoms with Crippen molar-refractivity contribution in [1.82, 2.24) is 15.1 Å². The number of ether oxygens (including phenoxy) is 1. The summed E-state index contributed by atoms with van der Waals surface area (Å²) in [5.41, 5.74) is 0. The number of hydrogen-bond donors (Lipinski definition) is 1. The van der Waals surface area contributed by atoms with Crippen LogP contribution in [0, 0.1) is 0 Å². The molecule has 100 valence electrons. The first-order chi connectivity index (χ1) is 8.04. The molecule has 1 N–H and O–H groups in total.